The molecule has 0 fully saturated rings. The molecule has 0 radical (unpaired) electrons. The first-order chi connectivity index (χ1) is 6.22. The van der Waals surface area contributed by atoms with E-state index in [4.69, 9.17) is 15.1 Å². The number of rotatable bonds is 6. The summed E-state index contributed by atoms with van der Waals surface area (Å²) in [7, 11) is 0. The Labute approximate surface area is 85.7 Å². The average Bonchev–Trinajstić information content (AvgIpc) is 1.94. The fourth-order valence-corrected chi connectivity index (χ4v) is 1.69. The minimum absolute atomic E-state index is 0.211. The van der Waals surface area contributed by atoms with Crippen LogP contribution in [0.4, 0.5) is 0 Å². The molecule has 0 aliphatic heterocycles. The quantitative estimate of drug-likeness (QED) is 0.573. The molecular formula is C6H11O6PS. The molecule has 0 saturated carbocycles. The maximum Gasteiger partial charge on any atom is 0.333 e. The lowest BCUT2D eigenvalue weighted by Gasteiger charge is -2.16. The molecule has 0 bridgehead atoms. The lowest BCUT2D eigenvalue weighted by molar-refractivity contribution is -0.146. The summed E-state index contributed by atoms with van der Waals surface area (Å²) in [6.07, 6.45) is -1.91. The third-order valence-corrected chi connectivity index (χ3v) is 2.12. The van der Waals surface area contributed by atoms with Gasteiger partial charge in [0.15, 0.2) is 12.6 Å². The Bertz CT molecular complexity index is 271. The molecular weight excluding hydrogens is 231 g/mol. The van der Waals surface area contributed by atoms with Crippen molar-refractivity contribution in [2.45, 2.75) is 18.9 Å². The third-order valence-electron chi connectivity index (χ3n) is 1.22. The van der Waals surface area contributed by atoms with Crippen LogP contribution in [-0.2, 0) is 25.9 Å². The zero-order valence-electron chi connectivity index (χ0n) is 7.41. The molecule has 8 heteroatoms. The molecule has 0 spiro atoms. The molecule has 0 aromatic carbocycles. The van der Waals surface area contributed by atoms with E-state index in [1.54, 1.807) is 0 Å². The highest BCUT2D eigenvalue weighted by Gasteiger charge is 2.23. The molecule has 0 aromatic heterocycles. The Hall–Kier alpha value is -0.490. The smallest absolute Gasteiger partial charge is 0.333 e. The molecule has 0 rings (SSSR count). The number of aliphatic carboxylic acids is 2. The lowest BCUT2D eigenvalue weighted by Crippen LogP contribution is -2.23. The summed E-state index contributed by atoms with van der Waals surface area (Å²) in [6.45, 7) is -1.87. The molecule has 2 unspecified atom stereocenters. The normalized spacial score (nSPS) is 17.0. The fraction of sp³-hybridized carbons (Fsp3) is 0.667. The average molecular weight is 242 g/mol. The third kappa shape index (κ3) is 6.97. The van der Waals surface area contributed by atoms with Gasteiger partial charge in [-0.15, -0.1) is 0 Å². The van der Waals surface area contributed by atoms with Gasteiger partial charge >= 0.3 is 11.9 Å². The highest BCUT2D eigenvalue weighted by Crippen LogP contribution is 2.39. The summed E-state index contributed by atoms with van der Waals surface area (Å²) >= 11 is 4.49. The molecule has 0 aliphatic carbocycles. The van der Waals surface area contributed by atoms with Crippen LogP contribution >= 0.6 is 6.49 Å². The van der Waals surface area contributed by atoms with E-state index in [1.165, 1.54) is 6.66 Å². The highest BCUT2D eigenvalue weighted by atomic mass is 32.5. The Morgan fingerprint density at radius 2 is 2.00 bits per heavy atom. The Morgan fingerprint density at radius 3 is 2.29 bits per heavy atom. The molecule has 2 atom stereocenters. The van der Waals surface area contributed by atoms with Crippen molar-refractivity contribution in [2.24, 2.45) is 0 Å². The molecule has 3 N–H and O–H groups in total. The fourth-order valence-electron chi connectivity index (χ4n) is 0.712. The SMILES string of the molecule is CP(O)(=S)OC(CCC(=O)O)C(=O)O. The second-order valence-electron chi connectivity index (χ2n) is 2.67. The van der Waals surface area contributed by atoms with Crippen molar-refractivity contribution in [3.05, 3.63) is 0 Å². The predicted molar refractivity (Wildman–Crippen MR) is 51.8 cm³/mol. The zero-order chi connectivity index (χ0) is 11.4. The first-order valence-electron chi connectivity index (χ1n) is 3.65. The van der Waals surface area contributed by atoms with Crippen LogP contribution in [0, 0.1) is 0 Å². The van der Waals surface area contributed by atoms with E-state index < -0.39 is 24.5 Å². The maximum atomic E-state index is 10.5. The van der Waals surface area contributed by atoms with Crippen LogP contribution in [0.1, 0.15) is 12.8 Å². The summed E-state index contributed by atoms with van der Waals surface area (Å²) in [6, 6.07) is 0. The van der Waals surface area contributed by atoms with Crippen LogP contribution in [0.2, 0.25) is 0 Å². The van der Waals surface area contributed by atoms with Gasteiger partial charge in [0.1, 0.15) is 0 Å². The second-order valence-corrected chi connectivity index (χ2v) is 6.52. The van der Waals surface area contributed by atoms with Gasteiger partial charge in [0.25, 0.3) is 0 Å². The van der Waals surface area contributed by atoms with Crippen molar-refractivity contribution in [2.75, 3.05) is 6.66 Å². The van der Waals surface area contributed by atoms with Crippen molar-refractivity contribution in [1.82, 2.24) is 0 Å². The van der Waals surface area contributed by atoms with E-state index in [2.05, 4.69) is 16.3 Å². The number of hydrogen-bond donors (Lipinski definition) is 3. The summed E-state index contributed by atoms with van der Waals surface area (Å²) < 4.78 is 4.67. The highest BCUT2D eigenvalue weighted by molar-refractivity contribution is 8.09. The molecule has 6 nitrogen and oxygen atoms in total. The first kappa shape index (κ1) is 13.5. The molecule has 14 heavy (non-hydrogen) atoms. The monoisotopic (exact) mass is 242 g/mol. The van der Waals surface area contributed by atoms with Crippen LogP contribution in [0.25, 0.3) is 0 Å². The Morgan fingerprint density at radius 1 is 1.50 bits per heavy atom. The van der Waals surface area contributed by atoms with Gasteiger partial charge in [-0.3, -0.25) is 4.79 Å². The van der Waals surface area contributed by atoms with Gasteiger partial charge < -0.3 is 19.6 Å². The van der Waals surface area contributed by atoms with Gasteiger partial charge in [0.05, 0.1) is 0 Å². The topological polar surface area (TPSA) is 104 Å². The van der Waals surface area contributed by atoms with Gasteiger partial charge in [-0.2, -0.15) is 0 Å². The van der Waals surface area contributed by atoms with Gasteiger partial charge in [-0.1, -0.05) is 0 Å². The van der Waals surface area contributed by atoms with Crippen molar-refractivity contribution >= 4 is 30.2 Å². The number of hydrogen-bond acceptors (Lipinski definition) is 4. The zero-order valence-corrected chi connectivity index (χ0v) is 9.12. The van der Waals surface area contributed by atoms with Crippen LogP contribution in [0.5, 0.6) is 0 Å². The Kier molecular flexibility index (Phi) is 5.22. The Balaban J connectivity index is 4.24. The van der Waals surface area contributed by atoms with Crippen molar-refractivity contribution in [3.63, 3.8) is 0 Å². The molecule has 0 saturated heterocycles. The summed E-state index contributed by atoms with van der Waals surface area (Å²) in [5.74, 6) is -2.45. The minimum atomic E-state index is -3.08. The second kappa shape index (κ2) is 5.41. The largest absolute Gasteiger partial charge is 0.481 e. The van der Waals surface area contributed by atoms with Gasteiger partial charge in [0.2, 0.25) is 0 Å². The first-order valence-corrected chi connectivity index (χ1v) is 6.77. The van der Waals surface area contributed by atoms with E-state index in [1.807, 2.05) is 0 Å². The molecule has 0 aromatic rings. The van der Waals surface area contributed by atoms with Crippen molar-refractivity contribution in [1.29, 1.82) is 0 Å². The predicted octanol–water partition coefficient (Wildman–Crippen LogP) is 0.253. The van der Waals surface area contributed by atoms with E-state index in [0.717, 1.165) is 0 Å². The van der Waals surface area contributed by atoms with Crippen molar-refractivity contribution < 1.29 is 29.2 Å². The van der Waals surface area contributed by atoms with E-state index >= 15 is 0 Å². The number of carboxylic acids is 2. The lowest BCUT2D eigenvalue weighted by atomic mass is 10.2. The standard InChI is InChI=1S/C6H11O6PS/c1-13(11,14)12-4(6(9)10)2-3-5(7)8/h4H,2-3H2,1H3,(H,7,8)(H,9,10)(H,11,14). The maximum absolute atomic E-state index is 10.5. The van der Waals surface area contributed by atoms with E-state index in [9.17, 15) is 9.59 Å². The van der Waals surface area contributed by atoms with E-state index in [0.29, 0.717) is 0 Å². The van der Waals surface area contributed by atoms with Crippen LogP contribution < -0.4 is 0 Å². The molecule has 0 amide bonds. The minimum Gasteiger partial charge on any atom is -0.481 e. The summed E-state index contributed by atoms with van der Waals surface area (Å²) in [5.41, 5.74) is 0. The molecule has 82 valence electrons. The van der Waals surface area contributed by atoms with Crippen LogP contribution in [0.15, 0.2) is 0 Å². The van der Waals surface area contributed by atoms with Crippen molar-refractivity contribution in [3.8, 4) is 0 Å². The molecule has 0 aliphatic rings. The number of carbonyl (C=O) groups is 2. The van der Waals surface area contributed by atoms with E-state index in [-0.39, 0.29) is 12.8 Å². The molecule has 0 heterocycles. The summed E-state index contributed by atoms with van der Waals surface area (Å²) in [5, 5.41) is 16.9. The van der Waals surface area contributed by atoms with Gasteiger partial charge in [-0.05, 0) is 18.2 Å². The van der Waals surface area contributed by atoms with Gasteiger partial charge in [-0.25, -0.2) is 4.79 Å². The van der Waals surface area contributed by atoms with Gasteiger partial charge in [0, 0.05) is 13.1 Å². The summed E-state index contributed by atoms with van der Waals surface area (Å²) in [4.78, 5) is 29.8. The number of carboxylic acid groups (broad SMARTS) is 2. The van der Waals surface area contributed by atoms with Crippen LogP contribution in [0.3, 0.4) is 0 Å². The van der Waals surface area contributed by atoms with Crippen LogP contribution in [-0.4, -0.2) is 39.8 Å².